The van der Waals surface area contributed by atoms with Crippen LogP contribution >= 0.6 is 22.9 Å². The molecule has 0 unspecified atom stereocenters. The number of nitrogens with zero attached hydrogens (tertiary/aromatic N) is 2. The molecule has 1 aliphatic heterocycles. The van der Waals surface area contributed by atoms with Gasteiger partial charge in [-0.3, -0.25) is 0 Å². The minimum Gasteiger partial charge on any atom is -0.348 e. The highest BCUT2D eigenvalue weighted by Crippen LogP contribution is 2.32. The van der Waals surface area contributed by atoms with Crippen molar-refractivity contribution in [1.82, 2.24) is 4.98 Å². The summed E-state index contributed by atoms with van der Waals surface area (Å²) >= 11 is 7.07. The van der Waals surface area contributed by atoms with E-state index in [9.17, 15) is 21.6 Å². The van der Waals surface area contributed by atoms with Gasteiger partial charge in [0, 0.05) is 30.1 Å². The number of sulfone groups is 1. The third-order valence-corrected chi connectivity index (χ3v) is 8.47. The molecule has 0 atom stereocenters. The fraction of sp³-hybridized carbons (Fsp3) is 0.250. The maximum absolute atomic E-state index is 13.5. The van der Waals surface area contributed by atoms with Crippen LogP contribution in [0.3, 0.4) is 0 Å². The highest BCUT2D eigenvalue weighted by atomic mass is 35.5. The lowest BCUT2D eigenvalue weighted by Gasteiger charge is -2.31. The Bertz CT molecular complexity index is 1170. The van der Waals surface area contributed by atoms with Crippen molar-refractivity contribution in [3.63, 3.8) is 0 Å². The molecule has 0 bridgehead atoms. The Morgan fingerprint density at radius 2 is 1.70 bits per heavy atom. The summed E-state index contributed by atoms with van der Waals surface area (Å²) < 4.78 is 66.0. The Balaban J connectivity index is 1.47. The predicted octanol–water partition coefficient (Wildman–Crippen LogP) is 5.32. The SMILES string of the molecule is O=S(=O)(c1ccc(F)c(Cl)c1)C1CCN(c2nc(-c3cc(F)cc(F)c3)cs2)CC1. The second-order valence-corrected chi connectivity index (χ2v) is 10.5. The van der Waals surface area contributed by atoms with Crippen molar-refractivity contribution < 1.29 is 21.6 Å². The third-order valence-electron chi connectivity index (χ3n) is 5.02. The zero-order valence-corrected chi connectivity index (χ0v) is 17.9. The fourth-order valence-electron chi connectivity index (χ4n) is 3.45. The summed E-state index contributed by atoms with van der Waals surface area (Å²) in [5, 5.41) is 1.55. The van der Waals surface area contributed by atoms with Gasteiger partial charge in [-0.05, 0) is 43.2 Å². The van der Waals surface area contributed by atoms with Crippen molar-refractivity contribution in [3.8, 4) is 11.3 Å². The molecule has 10 heteroatoms. The molecule has 1 aromatic heterocycles. The molecule has 158 valence electrons. The molecule has 0 N–H and O–H groups in total. The molecule has 0 radical (unpaired) electrons. The zero-order chi connectivity index (χ0) is 21.5. The van der Waals surface area contributed by atoms with Crippen molar-refractivity contribution in [2.45, 2.75) is 23.0 Å². The van der Waals surface area contributed by atoms with Crippen LogP contribution in [0, 0.1) is 17.5 Å². The smallest absolute Gasteiger partial charge is 0.185 e. The normalized spacial score (nSPS) is 15.5. The minimum absolute atomic E-state index is 0.0111. The summed E-state index contributed by atoms with van der Waals surface area (Å²) in [5.74, 6) is -2.01. The van der Waals surface area contributed by atoms with Crippen LogP contribution in [-0.2, 0) is 9.84 Å². The first kappa shape index (κ1) is 21.1. The maximum Gasteiger partial charge on any atom is 0.185 e. The number of hydrogen-bond donors (Lipinski definition) is 0. The fourth-order valence-corrected chi connectivity index (χ4v) is 6.34. The molecule has 0 saturated carbocycles. The van der Waals surface area contributed by atoms with Gasteiger partial charge in [-0.25, -0.2) is 26.6 Å². The molecule has 1 aliphatic rings. The van der Waals surface area contributed by atoms with Gasteiger partial charge in [-0.2, -0.15) is 0 Å². The number of hydrogen-bond acceptors (Lipinski definition) is 5. The van der Waals surface area contributed by atoms with E-state index in [2.05, 4.69) is 4.98 Å². The Hall–Kier alpha value is -2.10. The van der Waals surface area contributed by atoms with E-state index in [1.54, 1.807) is 5.38 Å². The van der Waals surface area contributed by atoms with Gasteiger partial charge in [0.15, 0.2) is 15.0 Å². The molecule has 4 nitrogen and oxygen atoms in total. The van der Waals surface area contributed by atoms with E-state index >= 15 is 0 Å². The molecule has 0 aliphatic carbocycles. The third kappa shape index (κ3) is 4.19. The minimum atomic E-state index is -3.63. The van der Waals surface area contributed by atoms with E-state index in [0.29, 0.717) is 42.3 Å². The van der Waals surface area contributed by atoms with E-state index in [4.69, 9.17) is 11.6 Å². The first-order valence-electron chi connectivity index (χ1n) is 9.10. The summed E-state index contributed by atoms with van der Waals surface area (Å²) in [4.78, 5) is 6.42. The van der Waals surface area contributed by atoms with Crippen molar-refractivity contribution >= 4 is 37.9 Å². The van der Waals surface area contributed by atoms with Gasteiger partial charge >= 0.3 is 0 Å². The van der Waals surface area contributed by atoms with Crippen molar-refractivity contribution in [1.29, 1.82) is 0 Å². The number of piperidine rings is 1. The lowest BCUT2D eigenvalue weighted by Crippen LogP contribution is -2.39. The van der Waals surface area contributed by atoms with Crippen LogP contribution in [0.25, 0.3) is 11.3 Å². The Kier molecular flexibility index (Phi) is 5.78. The highest BCUT2D eigenvalue weighted by molar-refractivity contribution is 7.92. The average Bonchev–Trinajstić information content (AvgIpc) is 3.20. The molecule has 2 aromatic carbocycles. The standard InChI is InChI=1S/C20H16ClF3N2O2S2/c21-17-10-16(1-2-18(17)24)30(27,28)15-3-5-26(6-4-15)20-25-19(11-29-20)12-7-13(22)9-14(23)8-12/h1-2,7-11,15H,3-6H2. The van der Waals surface area contributed by atoms with Gasteiger partial charge in [0.2, 0.25) is 0 Å². The summed E-state index contributed by atoms with van der Waals surface area (Å²) in [6, 6.07) is 6.66. The average molecular weight is 473 g/mol. The second-order valence-electron chi connectivity index (χ2n) is 6.98. The molecule has 0 spiro atoms. The summed E-state index contributed by atoms with van der Waals surface area (Å²) in [6.07, 6.45) is 0.752. The van der Waals surface area contributed by atoms with Gasteiger partial charge in [0.1, 0.15) is 17.5 Å². The molecular weight excluding hydrogens is 457 g/mol. The van der Waals surface area contributed by atoms with E-state index in [0.717, 1.165) is 18.2 Å². The first-order chi connectivity index (χ1) is 14.2. The zero-order valence-electron chi connectivity index (χ0n) is 15.5. The predicted molar refractivity (Wildman–Crippen MR) is 111 cm³/mol. The Morgan fingerprint density at radius 1 is 1.03 bits per heavy atom. The lowest BCUT2D eigenvalue weighted by atomic mass is 10.1. The Morgan fingerprint density at radius 3 is 2.33 bits per heavy atom. The monoisotopic (exact) mass is 472 g/mol. The van der Waals surface area contributed by atoms with Crippen molar-refractivity contribution in [2.24, 2.45) is 0 Å². The first-order valence-corrected chi connectivity index (χ1v) is 11.9. The number of rotatable bonds is 4. The number of halogens is 4. The number of benzene rings is 2. The molecule has 3 aromatic rings. The number of aromatic nitrogens is 1. The topological polar surface area (TPSA) is 50.3 Å². The number of thiazole rings is 1. The van der Waals surface area contributed by atoms with Crippen LogP contribution in [0.2, 0.25) is 5.02 Å². The molecule has 2 heterocycles. The van der Waals surface area contributed by atoms with E-state index in [-0.39, 0.29) is 9.92 Å². The van der Waals surface area contributed by atoms with Gasteiger partial charge in [-0.15, -0.1) is 11.3 Å². The van der Waals surface area contributed by atoms with E-state index < -0.39 is 32.5 Å². The van der Waals surface area contributed by atoms with Gasteiger partial charge < -0.3 is 4.90 Å². The van der Waals surface area contributed by atoms with Gasteiger partial charge in [-0.1, -0.05) is 11.6 Å². The van der Waals surface area contributed by atoms with Crippen molar-refractivity contribution in [2.75, 3.05) is 18.0 Å². The summed E-state index contributed by atoms with van der Waals surface area (Å²) in [7, 11) is -3.63. The largest absolute Gasteiger partial charge is 0.348 e. The van der Waals surface area contributed by atoms with Crippen molar-refractivity contribution in [3.05, 3.63) is 64.3 Å². The molecule has 30 heavy (non-hydrogen) atoms. The van der Waals surface area contributed by atoms with Crippen LogP contribution < -0.4 is 4.90 Å². The van der Waals surface area contributed by atoms with Gasteiger partial charge in [0.25, 0.3) is 0 Å². The van der Waals surface area contributed by atoms with Gasteiger partial charge in [0.05, 0.1) is 20.9 Å². The summed E-state index contributed by atoms with van der Waals surface area (Å²) in [5.41, 5.74) is 0.810. The van der Waals surface area contributed by atoms with E-state index in [1.165, 1.54) is 29.5 Å². The molecule has 1 saturated heterocycles. The van der Waals surface area contributed by atoms with Crippen LogP contribution in [-0.4, -0.2) is 31.7 Å². The van der Waals surface area contributed by atoms with E-state index in [1.807, 2.05) is 4.90 Å². The molecular formula is C20H16ClF3N2O2S2. The quantitative estimate of drug-likeness (QED) is 0.482. The summed E-state index contributed by atoms with van der Waals surface area (Å²) in [6.45, 7) is 0.923. The van der Waals surface area contributed by atoms with Crippen LogP contribution in [0.4, 0.5) is 18.3 Å². The van der Waals surface area contributed by atoms with Crippen LogP contribution in [0.15, 0.2) is 46.7 Å². The van der Waals surface area contributed by atoms with Crippen LogP contribution in [0.5, 0.6) is 0 Å². The maximum atomic E-state index is 13.5. The lowest BCUT2D eigenvalue weighted by molar-refractivity contribution is 0.529. The highest BCUT2D eigenvalue weighted by Gasteiger charge is 2.32. The molecule has 0 amide bonds. The molecule has 4 rings (SSSR count). The van der Waals surface area contributed by atoms with Crippen LogP contribution in [0.1, 0.15) is 12.8 Å². The Labute approximate surface area is 180 Å². The number of anilines is 1. The second kappa shape index (κ2) is 8.20. The molecule has 1 fully saturated rings.